The van der Waals surface area contributed by atoms with Gasteiger partial charge in [-0.15, -0.1) is 0 Å². The van der Waals surface area contributed by atoms with Gasteiger partial charge in [-0.3, -0.25) is 0 Å². The molecule has 2 aromatic rings. The summed E-state index contributed by atoms with van der Waals surface area (Å²) in [5.41, 5.74) is 0.967. The van der Waals surface area contributed by atoms with E-state index in [4.69, 9.17) is 16.3 Å². The van der Waals surface area contributed by atoms with E-state index in [2.05, 4.69) is 9.44 Å². The van der Waals surface area contributed by atoms with Crippen LogP contribution in [0.4, 0.5) is 0 Å². The van der Waals surface area contributed by atoms with E-state index in [-0.39, 0.29) is 34.1 Å². The van der Waals surface area contributed by atoms with Crippen LogP contribution in [-0.4, -0.2) is 53.3 Å². The SMILES string of the molecule is Cc1ccc(S(=O)(=O)NCC[C@H]2CC[C@H](NS(=O)(=O)c3ccccc3Cl)[C@H](CO)O2)cc1. The summed E-state index contributed by atoms with van der Waals surface area (Å²) in [6.45, 7) is 1.67. The maximum absolute atomic E-state index is 12.7. The molecular weight excluding hydrogens is 476 g/mol. The molecule has 0 bridgehead atoms. The third-order valence-electron chi connectivity index (χ3n) is 5.32. The number of rotatable bonds is 9. The molecule has 3 N–H and O–H groups in total. The molecule has 32 heavy (non-hydrogen) atoms. The van der Waals surface area contributed by atoms with Gasteiger partial charge in [0.2, 0.25) is 20.0 Å². The number of sulfonamides is 2. The Morgan fingerprint density at radius 2 is 1.72 bits per heavy atom. The molecule has 1 aliphatic rings. The number of halogens is 1. The quantitative estimate of drug-likeness (QED) is 0.483. The van der Waals surface area contributed by atoms with Crippen molar-refractivity contribution >= 4 is 31.6 Å². The summed E-state index contributed by atoms with van der Waals surface area (Å²) in [6, 6.07) is 12.0. The van der Waals surface area contributed by atoms with Crippen molar-refractivity contribution in [3.8, 4) is 0 Å². The standard InChI is InChI=1S/C21H27ClN2O6S2/c1-15-6-9-17(10-7-15)31(26,27)23-13-12-16-8-11-19(20(14-25)30-16)24-32(28,29)21-5-3-2-4-18(21)22/h2-7,9-10,16,19-20,23-25H,8,11-14H2,1H3/t16-,19+,20+/m1/s1. The second-order valence-corrected chi connectivity index (χ2v) is 11.6. The molecule has 1 saturated heterocycles. The van der Waals surface area contributed by atoms with Gasteiger partial charge in [-0.05, 0) is 50.5 Å². The van der Waals surface area contributed by atoms with Gasteiger partial charge in [0.25, 0.3) is 0 Å². The van der Waals surface area contributed by atoms with Crippen molar-refractivity contribution in [2.24, 2.45) is 0 Å². The Bertz CT molecular complexity index is 1120. The van der Waals surface area contributed by atoms with Crippen LogP contribution < -0.4 is 9.44 Å². The summed E-state index contributed by atoms with van der Waals surface area (Å²) in [5, 5.41) is 9.84. The van der Waals surface area contributed by atoms with Crippen LogP contribution in [0.3, 0.4) is 0 Å². The highest BCUT2D eigenvalue weighted by atomic mass is 35.5. The molecule has 11 heteroatoms. The van der Waals surface area contributed by atoms with Crippen LogP contribution in [0, 0.1) is 6.92 Å². The van der Waals surface area contributed by atoms with Crippen LogP contribution in [0.2, 0.25) is 5.02 Å². The van der Waals surface area contributed by atoms with E-state index in [9.17, 15) is 21.9 Å². The maximum atomic E-state index is 12.7. The molecule has 0 saturated carbocycles. The van der Waals surface area contributed by atoms with Gasteiger partial charge in [-0.25, -0.2) is 26.3 Å². The number of aliphatic hydroxyl groups is 1. The number of benzene rings is 2. The van der Waals surface area contributed by atoms with Crippen molar-refractivity contribution in [3.63, 3.8) is 0 Å². The van der Waals surface area contributed by atoms with Crippen molar-refractivity contribution in [1.29, 1.82) is 0 Å². The first-order valence-electron chi connectivity index (χ1n) is 10.2. The number of ether oxygens (including phenoxy) is 1. The minimum absolute atomic E-state index is 0.0361. The van der Waals surface area contributed by atoms with E-state index >= 15 is 0 Å². The Morgan fingerprint density at radius 3 is 2.38 bits per heavy atom. The average molecular weight is 503 g/mol. The Hall–Kier alpha value is -1.53. The van der Waals surface area contributed by atoms with Gasteiger partial charge in [-0.2, -0.15) is 0 Å². The van der Waals surface area contributed by atoms with Gasteiger partial charge >= 0.3 is 0 Å². The minimum atomic E-state index is -3.89. The van der Waals surface area contributed by atoms with Crippen molar-refractivity contribution in [2.75, 3.05) is 13.2 Å². The molecule has 1 heterocycles. The molecule has 3 rings (SSSR count). The fourth-order valence-corrected chi connectivity index (χ4v) is 6.43. The van der Waals surface area contributed by atoms with Crippen molar-refractivity contribution in [2.45, 2.75) is 54.2 Å². The summed E-state index contributed by atoms with van der Waals surface area (Å²) < 4.78 is 61.2. The van der Waals surface area contributed by atoms with Crippen LogP contribution in [0.5, 0.6) is 0 Å². The summed E-state index contributed by atoms with van der Waals surface area (Å²) >= 11 is 6.01. The summed E-state index contributed by atoms with van der Waals surface area (Å²) in [6.07, 6.45) is 0.280. The number of nitrogens with one attached hydrogen (secondary N) is 2. The van der Waals surface area contributed by atoms with E-state index in [1.807, 2.05) is 6.92 Å². The molecule has 176 valence electrons. The first-order chi connectivity index (χ1) is 15.1. The van der Waals surface area contributed by atoms with E-state index in [1.54, 1.807) is 36.4 Å². The lowest BCUT2D eigenvalue weighted by molar-refractivity contribution is -0.0869. The summed E-state index contributed by atoms with van der Waals surface area (Å²) in [5.74, 6) is 0. The normalized spacial score (nSPS) is 22.0. The van der Waals surface area contributed by atoms with Gasteiger partial charge in [0.1, 0.15) is 4.90 Å². The minimum Gasteiger partial charge on any atom is -0.394 e. The molecule has 2 aromatic carbocycles. The van der Waals surface area contributed by atoms with Gasteiger partial charge in [0.05, 0.1) is 34.8 Å². The summed E-state index contributed by atoms with van der Waals surface area (Å²) in [7, 11) is -7.51. The smallest absolute Gasteiger partial charge is 0.242 e. The van der Waals surface area contributed by atoms with Gasteiger partial charge in [0, 0.05) is 6.54 Å². The van der Waals surface area contributed by atoms with E-state index in [1.165, 1.54) is 12.1 Å². The fraction of sp³-hybridized carbons (Fsp3) is 0.429. The van der Waals surface area contributed by atoms with Gasteiger partial charge in [0.15, 0.2) is 0 Å². The lowest BCUT2D eigenvalue weighted by atomic mass is 9.98. The number of hydrogen-bond donors (Lipinski definition) is 3. The fourth-order valence-electron chi connectivity index (χ4n) is 3.56. The molecule has 8 nitrogen and oxygen atoms in total. The Morgan fingerprint density at radius 1 is 1.03 bits per heavy atom. The zero-order valence-electron chi connectivity index (χ0n) is 17.6. The molecule has 3 atom stereocenters. The van der Waals surface area contributed by atoms with Crippen molar-refractivity contribution in [3.05, 3.63) is 59.1 Å². The number of hydrogen-bond acceptors (Lipinski definition) is 6. The van der Waals surface area contributed by atoms with E-state index in [0.717, 1.165) is 5.56 Å². The van der Waals surface area contributed by atoms with Crippen LogP contribution in [-0.2, 0) is 24.8 Å². The van der Waals surface area contributed by atoms with E-state index < -0.39 is 32.2 Å². The van der Waals surface area contributed by atoms with Crippen molar-refractivity contribution < 1.29 is 26.7 Å². The lowest BCUT2D eigenvalue weighted by Crippen LogP contribution is -2.51. The van der Waals surface area contributed by atoms with Crippen LogP contribution in [0.1, 0.15) is 24.8 Å². The van der Waals surface area contributed by atoms with Gasteiger partial charge in [-0.1, -0.05) is 41.4 Å². The zero-order valence-corrected chi connectivity index (χ0v) is 20.0. The second-order valence-electron chi connectivity index (χ2n) is 7.71. The predicted octanol–water partition coefficient (Wildman–Crippen LogP) is 2.20. The molecule has 0 radical (unpaired) electrons. The molecule has 0 spiro atoms. The predicted molar refractivity (Wildman–Crippen MR) is 122 cm³/mol. The lowest BCUT2D eigenvalue weighted by Gasteiger charge is -2.36. The molecular formula is C21H27ClN2O6S2. The maximum Gasteiger partial charge on any atom is 0.242 e. The molecule has 1 fully saturated rings. The van der Waals surface area contributed by atoms with Crippen LogP contribution in [0.25, 0.3) is 0 Å². The molecule has 0 aliphatic carbocycles. The highest BCUT2D eigenvalue weighted by Crippen LogP contribution is 2.25. The van der Waals surface area contributed by atoms with Gasteiger partial charge < -0.3 is 9.84 Å². The Balaban J connectivity index is 1.55. The van der Waals surface area contributed by atoms with Crippen molar-refractivity contribution in [1.82, 2.24) is 9.44 Å². The largest absolute Gasteiger partial charge is 0.394 e. The second kappa shape index (κ2) is 10.6. The van der Waals surface area contributed by atoms with Crippen LogP contribution in [0.15, 0.2) is 58.3 Å². The third kappa shape index (κ3) is 6.28. The topological polar surface area (TPSA) is 122 Å². The Labute approximate surface area is 194 Å². The highest BCUT2D eigenvalue weighted by Gasteiger charge is 2.34. The average Bonchev–Trinajstić information content (AvgIpc) is 2.75. The number of aliphatic hydroxyl groups excluding tert-OH is 1. The molecule has 0 amide bonds. The zero-order chi connectivity index (χ0) is 23.4. The highest BCUT2D eigenvalue weighted by molar-refractivity contribution is 7.89. The monoisotopic (exact) mass is 502 g/mol. The Kier molecular flexibility index (Phi) is 8.31. The van der Waals surface area contributed by atoms with Crippen LogP contribution >= 0.6 is 11.6 Å². The summed E-state index contributed by atoms with van der Waals surface area (Å²) in [4.78, 5) is 0.154. The molecule has 0 unspecified atom stereocenters. The molecule has 1 aliphatic heterocycles. The first-order valence-corrected chi connectivity index (χ1v) is 13.6. The molecule has 0 aromatic heterocycles. The third-order valence-corrected chi connectivity index (χ3v) is 8.78. The van der Waals surface area contributed by atoms with E-state index in [0.29, 0.717) is 19.3 Å². The first kappa shape index (κ1) is 25.1. The number of aryl methyl sites for hydroxylation is 1.